The van der Waals surface area contributed by atoms with Gasteiger partial charge >= 0.3 is 5.97 Å². The summed E-state index contributed by atoms with van der Waals surface area (Å²) in [4.78, 5) is 15.3. The second-order valence-corrected chi connectivity index (χ2v) is 5.59. The molecule has 1 saturated carbocycles. The van der Waals surface area contributed by atoms with Crippen LogP contribution in [0.3, 0.4) is 0 Å². The molecular weight excluding hydrogens is 248 g/mol. The Morgan fingerprint density at radius 3 is 3.00 bits per heavy atom. The lowest BCUT2D eigenvalue weighted by Crippen LogP contribution is -2.35. The highest BCUT2D eigenvalue weighted by Gasteiger charge is 2.25. The number of hydrogen-bond acceptors (Lipinski definition) is 4. The molecule has 0 spiro atoms. The van der Waals surface area contributed by atoms with Crippen molar-refractivity contribution in [3.63, 3.8) is 0 Å². The molecule has 0 aliphatic heterocycles. The Balaban J connectivity index is 2.15. The van der Waals surface area contributed by atoms with E-state index in [4.69, 9.17) is 5.11 Å². The molecule has 0 radical (unpaired) electrons. The molecule has 1 aliphatic carbocycles. The molecule has 2 rings (SSSR count). The molecule has 18 heavy (non-hydrogen) atoms. The lowest BCUT2D eigenvalue weighted by atomic mass is 9.94. The first kappa shape index (κ1) is 13.2. The van der Waals surface area contributed by atoms with Crippen LogP contribution in [-0.2, 0) is 0 Å². The van der Waals surface area contributed by atoms with Crippen molar-refractivity contribution in [1.29, 1.82) is 0 Å². The molecule has 2 atom stereocenters. The van der Waals surface area contributed by atoms with Crippen molar-refractivity contribution in [3.8, 4) is 0 Å². The maximum absolute atomic E-state index is 11.1. The molecule has 2 N–H and O–H groups in total. The van der Waals surface area contributed by atoms with E-state index >= 15 is 0 Å². The summed E-state index contributed by atoms with van der Waals surface area (Å²) in [5, 5.41) is 13.0. The van der Waals surface area contributed by atoms with Gasteiger partial charge in [-0.2, -0.15) is 11.8 Å². The molecule has 98 valence electrons. The number of nitrogens with one attached hydrogen (secondary N) is 1. The van der Waals surface area contributed by atoms with Crippen molar-refractivity contribution in [1.82, 2.24) is 4.98 Å². The summed E-state index contributed by atoms with van der Waals surface area (Å²) < 4.78 is 0. The van der Waals surface area contributed by atoms with Crippen molar-refractivity contribution >= 4 is 23.5 Å². The number of pyridine rings is 1. The van der Waals surface area contributed by atoms with Gasteiger partial charge in [-0.15, -0.1) is 0 Å². The van der Waals surface area contributed by atoms with E-state index in [1.54, 1.807) is 18.3 Å². The molecule has 2 unspecified atom stereocenters. The summed E-state index contributed by atoms with van der Waals surface area (Å²) in [7, 11) is 0. The van der Waals surface area contributed by atoms with Crippen LogP contribution < -0.4 is 5.32 Å². The SMILES string of the molecule is CSC1CCCCC1Nc1ncccc1C(=O)O. The highest BCUT2D eigenvalue weighted by Crippen LogP contribution is 2.29. The molecule has 1 aliphatic rings. The third kappa shape index (κ3) is 2.96. The predicted octanol–water partition coefficient (Wildman–Crippen LogP) is 2.87. The van der Waals surface area contributed by atoms with E-state index in [1.165, 1.54) is 19.3 Å². The zero-order valence-corrected chi connectivity index (χ0v) is 11.2. The Morgan fingerprint density at radius 1 is 1.50 bits per heavy atom. The monoisotopic (exact) mass is 266 g/mol. The van der Waals surface area contributed by atoms with Gasteiger partial charge in [0.05, 0.1) is 0 Å². The molecule has 5 heteroatoms. The van der Waals surface area contributed by atoms with E-state index in [-0.39, 0.29) is 5.56 Å². The highest BCUT2D eigenvalue weighted by molar-refractivity contribution is 7.99. The minimum atomic E-state index is -0.929. The smallest absolute Gasteiger partial charge is 0.339 e. The van der Waals surface area contributed by atoms with Crippen molar-refractivity contribution in [2.75, 3.05) is 11.6 Å². The average molecular weight is 266 g/mol. The van der Waals surface area contributed by atoms with Gasteiger partial charge in [0.1, 0.15) is 11.4 Å². The molecule has 0 aromatic carbocycles. The average Bonchev–Trinajstić information content (AvgIpc) is 2.40. The van der Waals surface area contributed by atoms with Gasteiger partial charge in [-0.05, 0) is 31.2 Å². The summed E-state index contributed by atoms with van der Waals surface area (Å²) in [6.45, 7) is 0. The van der Waals surface area contributed by atoms with Crippen LogP contribution in [0.5, 0.6) is 0 Å². The number of hydrogen-bond donors (Lipinski definition) is 2. The number of aromatic carboxylic acids is 1. The van der Waals surface area contributed by atoms with Crippen LogP contribution in [0.1, 0.15) is 36.0 Å². The van der Waals surface area contributed by atoms with Crippen molar-refractivity contribution in [2.45, 2.75) is 37.0 Å². The number of nitrogens with zero attached hydrogens (tertiary/aromatic N) is 1. The van der Waals surface area contributed by atoms with Crippen LogP contribution >= 0.6 is 11.8 Å². The quantitative estimate of drug-likeness (QED) is 0.877. The minimum Gasteiger partial charge on any atom is -0.478 e. The Labute approximate surface area is 111 Å². The van der Waals surface area contributed by atoms with Crippen molar-refractivity contribution in [2.24, 2.45) is 0 Å². The van der Waals surface area contributed by atoms with E-state index in [1.807, 2.05) is 11.8 Å². The largest absolute Gasteiger partial charge is 0.478 e. The van der Waals surface area contributed by atoms with Crippen LogP contribution in [0.2, 0.25) is 0 Å². The van der Waals surface area contributed by atoms with Crippen LogP contribution in [0.25, 0.3) is 0 Å². The fourth-order valence-electron chi connectivity index (χ4n) is 2.41. The number of carboxylic acids is 1. The lowest BCUT2D eigenvalue weighted by molar-refractivity contribution is 0.0697. The molecule has 1 aromatic rings. The van der Waals surface area contributed by atoms with E-state index in [9.17, 15) is 4.79 Å². The summed E-state index contributed by atoms with van der Waals surface area (Å²) >= 11 is 1.85. The van der Waals surface area contributed by atoms with E-state index in [0.29, 0.717) is 17.1 Å². The summed E-state index contributed by atoms with van der Waals surface area (Å²) in [6.07, 6.45) is 8.48. The molecular formula is C13H18N2O2S. The first-order chi connectivity index (χ1) is 8.72. The van der Waals surface area contributed by atoms with E-state index < -0.39 is 5.97 Å². The maximum Gasteiger partial charge on any atom is 0.339 e. The second-order valence-electron chi connectivity index (χ2n) is 4.51. The number of rotatable bonds is 4. The van der Waals surface area contributed by atoms with E-state index in [2.05, 4.69) is 16.6 Å². The van der Waals surface area contributed by atoms with Crippen LogP contribution in [-0.4, -0.2) is 33.6 Å². The zero-order valence-electron chi connectivity index (χ0n) is 10.4. The van der Waals surface area contributed by atoms with Crippen LogP contribution in [0, 0.1) is 0 Å². The van der Waals surface area contributed by atoms with Gasteiger partial charge in [-0.3, -0.25) is 0 Å². The van der Waals surface area contributed by atoms with Gasteiger partial charge in [0.2, 0.25) is 0 Å². The molecule has 0 amide bonds. The Bertz CT molecular complexity index is 425. The third-order valence-corrected chi connectivity index (χ3v) is 4.54. The number of carboxylic acid groups (broad SMARTS) is 1. The normalized spacial score (nSPS) is 23.6. The lowest BCUT2D eigenvalue weighted by Gasteiger charge is -2.31. The van der Waals surface area contributed by atoms with Gasteiger partial charge in [0.25, 0.3) is 0 Å². The Hall–Kier alpha value is -1.23. The van der Waals surface area contributed by atoms with Gasteiger partial charge in [0.15, 0.2) is 0 Å². The van der Waals surface area contributed by atoms with Crippen LogP contribution in [0.4, 0.5) is 5.82 Å². The van der Waals surface area contributed by atoms with Crippen molar-refractivity contribution in [3.05, 3.63) is 23.9 Å². The highest BCUT2D eigenvalue weighted by atomic mass is 32.2. The molecule has 0 saturated heterocycles. The zero-order chi connectivity index (χ0) is 13.0. The van der Waals surface area contributed by atoms with Gasteiger partial charge in [-0.1, -0.05) is 12.8 Å². The molecule has 1 aromatic heterocycles. The fourth-order valence-corrected chi connectivity index (χ4v) is 3.35. The number of carbonyl (C=O) groups is 1. The third-order valence-electron chi connectivity index (χ3n) is 3.37. The predicted molar refractivity (Wildman–Crippen MR) is 74.4 cm³/mol. The molecule has 4 nitrogen and oxygen atoms in total. The van der Waals surface area contributed by atoms with Gasteiger partial charge in [-0.25, -0.2) is 9.78 Å². The fraction of sp³-hybridized carbons (Fsp3) is 0.538. The number of aromatic nitrogens is 1. The van der Waals surface area contributed by atoms with Crippen LogP contribution in [0.15, 0.2) is 18.3 Å². The maximum atomic E-state index is 11.1. The second kappa shape index (κ2) is 6.09. The summed E-state index contributed by atoms with van der Waals surface area (Å²) in [6, 6.07) is 3.57. The molecule has 0 bridgehead atoms. The first-order valence-electron chi connectivity index (χ1n) is 6.20. The Kier molecular flexibility index (Phi) is 4.47. The first-order valence-corrected chi connectivity index (χ1v) is 7.49. The minimum absolute atomic E-state index is 0.253. The standard InChI is InChI=1S/C13H18N2O2S/c1-18-11-7-3-2-6-10(11)15-12-9(13(16)17)5-4-8-14-12/h4-5,8,10-11H,2-3,6-7H2,1H3,(H,14,15)(H,16,17). The van der Waals surface area contributed by atoms with E-state index in [0.717, 1.165) is 6.42 Å². The summed E-state index contributed by atoms with van der Waals surface area (Å²) in [5.41, 5.74) is 0.253. The number of anilines is 1. The molecule has 1 fully saturated rings. The van der Waals surface area contributed by atoms with Crippen molar-refractivity contribution < 1.29 is 9.90 Å². The van der Waals surface area contributed by atoms with Gasteiger partial charge < -0.3 is 10.4 Å². The Morgan fingerprint density at radius 2 is 2.28 bits per heavy atom. The topological polar surface area (TPSA) is 62.2 Å². The summed E-state index contributed by atoms with van der Waals surface area (Å²) in [5.74, 6) is -0.432. The van der Waals surface area contributed by atoms with Gasteiger partial charge in [0, 0.05) is 17.5 Å². The number of thioether (sulfide) groups is 1. The molecule has 1 heterocycles.